The van der Waals surface area contributed by atoms with E-state index >= 15 is 0 Å². The van der Waals surface area contributed by atoms with Crippen LogP contribution in [-0.4, -0.2) is 25.0 Å². The molecule has 0 aliphatic carbocycles. The second-order valence-electron chi connectivity index (χ2n) is 5.55. The van der Waals surface area contributed by atoms with Crippen molar-refractivity contribution in [1.29, 1.82) is 0 Å². The summed E-state index contributed by atoms with van der Waals surface area (Å²) in [5.41, 5.74) is 1.27. The lowest BCUT2D eigenvalue weighted by Gasteiger charge is -2.15. The summed E-state index contributed by atoms with van der Waals surface area (Å²) in [4.78, 5) is 34.9. The number of carboxylic acid groups (broad SMARTS) is 1. The van der Waals surface area contributed by atoms with Gasteiger partial charge in [-0.15, -0.1) is 0 Å². The third kappa shape index (κ3) is 3.24. The second-order valence-corrected chi connectivity index (χ2v) is 5.55. The molecule has 0 saturated heterocycles. The molecule has 1 aromatic heterocycles. The van der Waals surface area contributed by atoms with Gasteiger partial charge in [0.25, 0.3) is 0 Å². The van der Waals surface area contributed by atoms with Gasteiger partial charge in [-0.05, 0) is 38.5 Å². The average molecular weight is 332 g/mol. The summed E-state index contributed by atoms with van der Waals surface area (Å²) in [6, 6.07) is 2.37. The monoisotopic (exact) mass is 332 g/mol. The van der Waals surface area contributed by atoms with E-state index in [-0.39, 0.29) is 12.0 Å². The molecule has 1 N–H and O–H groups in total. The molecule has 0 spiro atoms. The molecular weight excluding hydrogens is 314 g/mol. The van der Waals surface area contributed by atoms with Gasteiger partial charge in [-0.2, -0.15) is 0 Å². The Morgan fingerprint density at radius 1 is 1.29 bits per heavy atom. The topological polar surface area (TPSA) is 109 Å². The molecule has 24 heavy (non-hydrogen) atoms. The van der Waals surface area contributed by atoms with Crippen molar-refractivity contribution in [1.82, 2.24) is 5.32 Å². The van der Waals surface area contributed by atoms with Crippen molar-refractivity contribution in [3.05, 3.63) is 39.2 Å². The van der Waals surface area contributed by atoms with E-state index in [2.05, 4.69) is 5.32 Å². The molecule has 0 bridgehead atoms. The van der Waals surface area contributed by atoms with E-state index < -0.39 is 23.5 Å². The number of hydrogen-bond acceptors (Lipinski definition) is 6. The minimum absolute atomic E-state index is 0.190. The van der Waals surface area contributed by atoms with Crippen molar-refractivity contribution in [3.63, 3.8) is 0 Å². The molecule has 2 rings (SSSR count). The van der Waals surface area contributed by atoms with Gasteiger partial charge in [0.2, 0.25) is 5.91 Å². The highest BCUT2D eigenvalue weighted by atomic mass is 16.5. The number of carbonyl (C=O) groups is 2. The molecule has 0 fully saturated rings. The van der Waals surface area contributed by atoms with Gasteiger partial charge < -0.3 is 24.4 Å². The van der Waals surface area contributed by atoms with Crippen LogP contribution in [0.1, 0.15) is 23.6 Å². The molecule has 0 aliphatic rings. The summed E-state index contributed by atoms with van der Waals surface area (Å²) in [6.07, 6.45) is -0.271. The van der Waals surface area contributed by atoms with Gasteiger partial charge in [0.1, 0.15) is 11.3 Å². The van der Waals surface area contributed by atoms with Gasteiger partial charge >= 0.3 is 5.63 Å². The highest BCUT2D eigenvalue weighted by Gasteiger charge is 2.18. The highest BCUT2D eigenvalue weighted by molar-refractivity contribution is 5.88. The van der Waals surface area contributed by atoms with Crippen molar-refractivity contribution in [2.45, 2.75) is 33.2 Å². The van der Waals surface area contributed by atoms with Crippen LogP contribution in [0.2, 0.25) is 0 Å². The Kier molecular flexibility index (Phi) is 4.92. The molecule has 7 heteroatoms. The first kappa shape index (κ1) is 17.5. The second kappa shape index (κ2) is 6.74. The fourth-order valence-electron chi connectivity index (χ4n) is 2.51. The number of aryl methyl sites for hydroxylation is 2. The third-order valence-electron chi connectivity index (χ3n) is 3.94. The molecule has 7 nitrogen and oxygen atoms in total. The van der Waals surface area contributed by atoms with Gasteiger partial charge in [-0.25, -0.2) is 4.79 Å². The minimum Gasteiger partial charge on any atom is -0.548 e. The summed E-state index contributed by atoms with van der Waals surface area (Å²) in [7, 11) is 1.52. The number of ether oxygens (including phenoxy) is 1. The highest BCUT2D eigenvalue weighted by Crippen LogP contribution is 2.29. The zero-order chi connectivity index (χ0) is 18.0. The predicted molar refractivity (Wildman–Crippen MR) is 84.8 cm³/mol. The smallest absolute Gasteiger partial charge is 0.340 e. The number of methoxy groups -OCH3 is 1. The number of carbonyl (C=O) groups excluding carboxylic acids is 2. The zero-order valence-electron chi connectivity index (χ0n) is 13.9. The largest absolute Gasteiger partial charge is 0.548 e. The van der Waals surface area contributed by atoms with Crippen LogP contribution in [0.5, 0.6) is 5.75 Å². The van der Waals surface area contributed by atoms with E-state index in [1.165, 1.54) is 14.0 Å². The zero-order valence-corrected chi connectivity index (χ0v) is 13.9. The fraction of sp³-hybridized carbons (Fsp3) is 0.353. The van der Waals surface area contributed by atoms with E-state index in [0.717, 1.165) is 0 Å². The maximum absolute atomic E-state index is 12.2. The molecule has 2 aromatic rings. The van der Waals surface area contributed by atoms with Crippen molar-refractivity contribution in [2.75, 3.05) is 7.11 Å². The SMILES string of the molecule is COc1ccc2c(C)c(CC(=O)N[C@@H](C)C(=O)[O-])c(=O)oc2c1C. The lowest BCUT2D eigenvalue weighted by molar-refractivity contribution is -0.307. The average Bonchev–Trinajstić information content (AvgIpc) is 2.52. The summed E-state index contributed by atoms with van der Waals surface area (Å²) in [5.74, 6) is -1.39. The number of amides is 1. The van der Waals surface area contributed by atoms with E-state index in [4.69, 9.17) is 9.15 Å². The maximum atomic E-state index is 12.2. The van der Waals surface area contributed by atoms with Crippen LogP contribution in [0.15, 0.2) is 21.3 Å². The summed E-state index contributed by atoms with van der Waals surface area (Å²) in [5, 5.41) is 13.6. The van der Waals surface area contributed by atoms with Crippen molar-refractivity contribution in [3.8, 4) is 5.75 Å². The Labute approximate surface area is 138 Å². The molecule has 0 unspecified atom stereocenters. The van der Waals surface area contributed by atoms with E-state index in [0.29, 0.717) is 27.8 Å². The van der Waals surface area contributed by atoms with Crippen LogP contribution >= 0.6 is 0 Å². The Bertz CT molecular complexity index is 867. The predicted octanol–water partition coefficient (Wildman–Crippen LogP) is 0.216. The number of aliphatic carboxylic acids is 1. The van der Waals surface area contributed by atoms with Gasteiger partial charge in [0, 0.05) is 10.9 Å². The molecular formula is C17H18NO6-. The van der Waals surface area contributed by atoms with Crippen LogP contribution in [0.4, 0.5) is 0 Å². The lowest BCUT2D eigenvalue weighted by atomic mass is 10.0. The quantitative estimate of drug-likeness (QED) is 0.784. The summed E-state index contributed by atoms with van der Waals surface area (Å²) >= 11 is 0. The third-order valence-corrected chi connectivity index (χ3v) is 3.94. The Hall–Kier alpha value is -2.83. The lowest BCUT2D eigenvalue weighted by Crippen LogP contribution is -2.46. The molecule has 0 saturated carbocycles. The van der Waals surface area contributed by atoms with Crippen LogP contribution in [0, 0.1) is 13.8 Å². The molecule has 1 aromatic carbocycles. The van der Waals surface area contributed by atoms with E-state index in [9.17, 15) is 19.5 Å². The van der Waals surface area contributed by atoms with Crippen LogP contribution in [0.3, 0.4) is 0 Å². The Morgan fingerprint density at radius 2 is 1.96 bits per heavy atom. The molecule has 1 atom stereocenters. The normalized spacial score (nSPS) is 12.0. The number of hydrogen-bond donors (Lipinski definition) is 1. The van der Waals surface area contributed by atoms with E-state index in [1.807, 2.05) is 0 Å². The number of rotatable bonds is 5. The molecule has 0 aliphatic heterocycles. The van der Waals surface area contributed by atoms with Gasteiger partial charge in [0.05, 0.1) is 31.1 Å². The number of nitrogens with one attached hydrogen (secondary N) is 1. The molecule has 1 amide bonds. The summed E-state index contributed by atoms with van der Waals surface area (Å²) in [6.45, 7) is 4.78. The number of benzene rings is 1. The van der Waals surface area contributed by atoms with Gasteiger partial charge in [0.15, 0.2) is 0 Å². The van der Waals surface area contributed by atoms with Crippen molar-refractivity contribution < 1.29 is 23.8 Å². The maximum Gasteiger partial charge on any atom is 0.340 e. The molecule has 128 valence electrons. The summed E-state index contributed by atoms with van der Waals surface area (Å²) < 4.78 is 10.6. The number of carboxylic acids is 1. The van der Waals surface area contributed by atoms with Crippen molar-refractivity contribution in [2.24, 2.45) is 0 Å². The first-order chi connectivity index (χ1) is 11.3. The van der Waals surface area contributed by atoms with Crippen LogP contribution in [0.25, 0.3) is 11.0 Å². The van der Waals surface area contributed by atoms with Gasteiger partial charge in [-0.1, -0.05) is 0 Å². The number of fused-ring (bicyclic) bond motifs is 1. The van der Waals surface area contributed by atoms with Gasteiger partial charge in [-0.3, -0.25) is 4.79 Å². The first-order valence-corrected chi connectivity index (χ1v) is 7.36. The standard InChI is InChI=1S/C17H19NO6/c1-8-11-5-6-13(23-4)9(2)15(11)24-17(22)12(8)7-14(19)18-10(3)16(20)21/h5-6,10H,7H2,1-4H3,(H,18,19)(H,20,21)/p-1/t10-/m0/s1. The van der Waals surface area contributed by atoms with Crippen molar-refractivity contribution >= 4 is 22.8 Å². The minimum atomic E-state index is -1.40. The molecule has 1 heterocycles. The first-order valence-electron chi connectivity index (χ1n) is 7.36. The molecule has 0 radical (unpaired) electrons. The van der Waals surface area contributed by atoms with E-state index in [1.54, 1.807) is 26.0 Å². The Morgan fingerprint density at radius 3 is 2.54 bits per heavy atom. The Balaban J connectivity index is 2.44. The fourth-order valence-corrected chi connectivity index (χ4v) is 2.51. The van der Waals surface area contributed by atoms with Crippen LogP contribution in [-0.2, 0) is 16.0 Å². The van der Waals surface area contributed by atoms with Crippen LogP contribution < -0.4 is 20.8 Å².